The lowest BCUT2D eigenvalue weighted by atomic mass is 10.1. The monoisotopic (exact) mass is 174 g/mol. The molecule has 0 aliphatic heterocycles. The molecule has 0 bridgehead atoms. The van der Waals surface area contributed by atoms with Gasteiger partial charge in [-0.1, -0.05) is 12.8 Å². The standard InChI is InChI=1S/C8H14O2S/c9-6-4-2-1-3-5-8(11)7-10/h9,11H,1-6H2. The highest BCUT2D eigenvalue weighted by Crippen LogP contribution is 2.09. The molecule has 0 aromatic heterocycles. The van der Waals surface area contributed by atoms with Crippen LogP contribution < -0.4 is 0 Å². The van der Waals surface area contributed by atoms with Gasteiger partial charge in [0.1, 0.15) is 5.94 Å². The van der Waals surface area contributed by atoms with E-state index in [0.717, 1.165) is 32.1 Å². The van der Waals surface area contributed by atoms with Gasteiger partial charge in [0.2, 0.25) is 0 Å². The highest BCUT2D eigenvalue weighted by molar-refractivity contribution is 7.84. The van der Waals surface area contributed by atoms with Crippen molar-refractivity contribution in [1.29, 1.82) is 0 Å². The summed E-state index contributed by atoms with van der Waals surface area (Å²) < 4.78 is 0. The van der Waals surface area contributed by atoms with Gasteiger partial charge in [0.25, 0.3) is 0 Å². The van der Waals surface area contributed by atoms with Gasteiger partial charge in [-0.05, 0) is 19.3 Å². The molecule has 0 heterocycles. The van der Waals surface area contributed by atoms with E-state index in [-0.39, 0.29) is 6.61 Å². The molecule has 0 aromatic carbocycles. The summed E-state index contributed by atoms with van der Waals surface area (Å²) in [5, 5.41) is 8.44. The summed E-state index contributed by atoms with van der Waals surface area (Å²) in [7, 11) is 0. The predicted octanol–water partition coefficient (Wildman–Crippen LogP) is 1.57. The molecule has 0 rings (SSSR count). The fraction of sp³-hybridized carbons (Fsp3) is 0.750. The molecule has 0 unspecified atom stereocenters. The molecule has 0 saturated heterocycles. The molecule has 3 heteroatoms. The van der Waals surface area contributed by atoms with Crippen LogP contribution in [0.2, 0.25) is 0 Å². The molecule has 0 aliphatic rings. The first-order valence-electron chi connectivity index (χ1n) is 3.85. The number of hydrogen-bond donors (Lipinski definition) is 2. The van der Waals surface area contributed by atoms with Gasteiger partial charge in [-0.25, -0.2) is 4.79 Å². The van der Waals surface area contributed by atoms with Crippen molar-refractivity contribution in [2.75, 3.05) is 6.61 Å². The summed E-state index contributed by atoms with van der Waals surface area (Å²) >= 11 is 3.90. The maximum Gasteiger partial charge on any atom is 0.134 e. The number of rotatable bonds is 6. The number of thiol groups is 1. The molecular weight excluding hydrogens is 160 g/mol. The highest BCUT2D eigenvalue weighted by atomic mass is 32.1. The zero-order chi connectivity index (χ0) is 8.53. The Hall–Kier alpha value is -0.240. The molecule has 2 nitrogen and oxygen atoms in total. The topological polar surface area (TPSA) is 37.3 Å². The summed E-state index contributed by atoms with van der Waals surface area (Å²) in [6, 6.07) is 0. The van der Waals surface area contributed by atoms with E-state index in [1.807, 2.05) is 0 Å². The average molecular weight is 174 g/mol. The quantitative estimate of drug-likeness (QED) is 0.364. The molecule has 64 valence electrons. The first-order chi connectivity index (χ1) is 5.31. The van der Waals surface area contributed by atoms with Crippen LogP contribution >= 0.6 is 12.6 Å². The Morgan fingerprint density at radius 3 is 2.45 bits per heavy atom. The number of hydrogen-bond acceptors (Lipinski definition) is 3. The fourth-order valence-corrected chi connectivity index (χ4v) is 0.967. The fourth-order valence-electron chi connectivity index (χ4n) is 0.809. The van der Waals surface area contributed by atoms with E-state index in [0.29, 0.717) is 4.91 Å². The van der Waals surface area contributed by atoms with Crippen molar-refractivity contribution in [3.63, 3.8) is 0 Å². The molecule has 1 N–H and O–H groups in total. The van der Waals surface area contributed by atoms with E-state index >= 15 is 0 Å². The first-order valence-corrected chi connectivity index (χ1v) is 4.29. The molecule has 0 spiro atoms. The van der Waals surface area contributed by atoms with E-state index in [9.17, 15) is 4.79 Å². The minimum Gasteiger partial charge on any atom is -0.396 e. The lowest BCUT2D eigenvalue weighted by Crippen LogP contribution is -1.83. The van der Waals surface area contributed by atoms with E-state index in [1.165, 1.54) is 0 Å². The molecular formula is C8H14O2S. The smallest absolute Gasteiger partial charge is 0.134 e. The number of carbonyl (C=O) groups excluding carboxylic acids is 1. The van der Waals surface area contributed by atoms with Crippen LogP contribution in [0.15, 0.2) is 4.91 Å². The molecule has 0 amide bonds. The van der Waals surface area contributed by atoms with Crippen LogP contribution in [0.25, 0.3) is 0 Å². The summed E-state index contributed by atoms with van der Waals surface area (Å²) in [4.78, 5) is 10.4. The Morgan fingerprint density at radius 1 is 1.27 bits per heavy atom. The number of aliphatic hydroxyl groups is 1. The number of unbranched alkanes of at least 4 members (excludes halogenated alkanes) is 3. The highest BCUT2D eigenvalue weighted by Gasteiger charge is 1.92. The van der Waals surface area contributed by atoms with E-state index in [2.05, 4.69) is 12.6 Å². The van der Waals surface area contributed by atoms with Crippen LogP contribution in [-0.4, -0.2) is 17.7 Å². The molecule has 11 heavy (non-hydrogen) atoms. The summed E-state index contributed by atoms with van der Waals surface area (Å²) in [5.74, 6) is 1.74. The molecule has 0 atom stereocenters. The molecule has 0 saturated carbocycles. The van der Waals surface area contributed by atoms with Crippen LogP contribution in [0.5, 0.6) is 0 Å². The van der Waals surface area contributed by atoms with Crippen molar-refractivity contribution in [2.45, 2.75) is 32.1 Å². The van der Waals surface area contributed by atoms with Crippen molar-refractivity contribution in [2.24, 2.45) is 0 Å². The third-order valence-electron chi connectivity index (χ3n) is 1.44. The van der Waals surface area contributed by atoms with Crippen molar-refractivity contribution in [1.82, 2.24) is 0 Å². The van der Waals surface area contributed by atoms with Gasteiger partial charge >= 0.3 is 0 Å². The Kier molecular flexibility index (Phi) is 7.69. The molecule has 0 aliphatic carbocycles. The van der Waals surface area contributed by atoms with Gasteiger partial charge in [0.05, 0.1) is 4.91 Å². The van der Waals surface area contributed by atoms with Gasteiger partial charge in [0, 0.05) is 6.61 Å². The summed E-state index contributed by atoms with van der Waals surface area (Å²) in [6.07, 6.45) is 4.61. The van der Waals surface area contributed by atoms with Crippen molar-refractivity contribution in [3.05, 3.63) is 4.91 Å². The maximum atomic E-state index is 9.95. The predicted molar refractivity (Wildman–Crippen MR) is 48.4 cm³/mol. The van der Waals surface area contributed by atoms with Crippen LogP contribution in [0.4, 0.5) is 0 Å². The minimum atomic E-state index is 0.261. The second kappa shape index (κ2) is 7.86. The maximum absolute atomic E-state index is 9.95. The van der Waals surface area contributed by atoms with Crippen molar-refractivity contribution in [3.8, 4) is 0 Å². The lowest BCUT2D eigenvalue weighted by Gasteiger charge is -1.96. The Balaban J connectivity index is 3.08. The molecule has 0 radical (unpaired) electrons. The van der Waals surface area contributed by atoms with Gasteiger partial charge < -0.3 is 5.11 Å². The second-order valence-corrected chi connectivity index (χ2v) is 2.98. The minimum absolute atomic E-state index is 0.261. The first kappa shape index (κ1) is 10.8. The molecule has 0 aromatic rings. The van der Waals surface area contributed by atoms with E-state index in [4.69, 9.17) is 5.11 Å². The largest absolute Gasteiger partial charge is 0.396 e. The van der Waals surface area contributed by atoms with Gasteiger partial charge in [0.15, 0.2) is 0 Å². The van der Waals surface area contributed by atoms with Crippen LogP contribution in [-0.2, 0) is 4.79 Å². The molecule has 0 fully saturated rings. The van der Waals surface area contributed by atoms with Gasteiger partial charge in [-0.15, -0.1) is 12.6 Å². The van der Waals surface area contributed by atoms with Crippen LogP contribution in [0.1, 0.15) is 32.1 Å². The number of aliphatic hydroxyl groups excluding tert-OH is 1. The van der Waals surface area contributed by atoms with Crippen molar-refractivity contribution < 1.29 is 9.90 Å². The third-order valence-corrected chi connectivity index (χ3v) is 1.75. The Bertz CT molecular complexity index is 139. The zero-order valence-corrected chi connectivity index (χ0v) is 7.44. The van der Waals surface area contributed by atoms with Gasteiger partial charge in [-0.3, -0.25) is 0 Å². The Morgan fingerprint density at radius 2 is 1.91 bits per heavy atom. The van der Waals surface area contributed by atoms with Crippen LogP contribution in [0.3, 0.4) is 0 Å². The SMILES string of the molecule is O=C=C(S)CCCCCCO. The summed E-state index contributed by atoms with van der Waals surface area (Å²) in [5.41, 5.74) is 0. The average Bonchev–Trinajstić information content (AvgIpc) is 2.04. The van der Waals surface area contributed by atoms with Crippen LogP contribution in [0, 0.1) is 0 Å². The Labute approximate surface area is 72.7 Å². The lowest BCUT2D eigenvalue weighted by molar-refractivity contribution is 0.282. The second-order valence-electron chi connectivity index (χ2n) is 2.44. The van der Waals surface area contributed by atoms with E-state index < -0.39 is 0 Å². The third kappa shape index (κ3) is 7.66. The van der Waals surface area contributed by atoms with Crippen molar-refractivity contribution >= 4 is 18.6 Å². The van der Waals surface area contributed by atoms with E-state index in [1.54, 1.807) is 5.94 Å². The summed E-state index contributed by atoms with van der Waals surface area (Å²) in [6.45, 7) is 0.261. The zero-order valence-electron chi connectivity index (χ0n) is 6.55. The number of allylic oxidation sites excluding steroid dienone is 1. The normalized spacial score (nSPS) is 9.27. The van der Waals surface area contributed by atoms with Gasteiger partial charge in [-0.2, -0.15) is 0 Å².